The van der Waals surface area contributed by atoms with Crippen LogP contribution in [0.25, 0.3) is 0 Å². The normalized spacial score (nSPS) is 11.3. The van der Waals surface area contributed by atoms with Crippen molar-refractivity contribution in [1.29, 1.82) is 0 Å². The minimum Gasteiger partial charge on any atom is -0.490 e. The zero-order valence-corrected chi connectivity index (χ0v) is 17.6. The van der Waals surface area contributed by atoms with E-state index >= 15 is 0 Å². The number of hydrogen-bond acceptors (Lipinski definition) is 6. The highest BCUT2D eigenvalue weighted by Gasteiger charge is 2.15. The molecule has 29 heavy (non-hydrogen) atoms. The van der Waals surface area contributed by atoms with E-state index in [0.717, 1.165) is 22.9 Å². The van der Waals surface area contributed by atoms with Gasteiger partial charge in [0.1, 0.15) is 0 Å². The Morgan fingerprint density at radius 2 is 1.83 bits per heavy atom. The molecule has 1 N–H and O–H groups in total. The van der Waals surface area contributed by atoms with Gasteiger partial charge < -0.3 is 14.6 Å². The molecule has 0 amide bonds. The predicted octanol–water partition coefficient (Wildman–Crippen LogP) is 3.06. The number of anilines is 2. The first kappa shape index (κ1) is 20.6. The number of aryl methyl sites for hydroxylation is 1. The molecule has 0 spiro atoms. The van der Waals surface area contributed by atoms with Crippen LogP contribution in [0.1, 0.15) is 16.7 Å². The van der Waals surface area contributed by atoms with Crippen LogP contribution >= 0.6 is 0 Å². The van der Waals surface area contributed by atoms with Crippen molar-refractivity contribution in [2.45, 2.75) is 25.3 Å². The van der Waals surface area contributed by atoms with Crippen LogP contribution in [0.2, 0.25) is 0 Å². The molecule has 0 atom stereocenters. The van der Waals surface area contributed by atoms with Gasteiger partial charge in [0.2, 0.25) is 11.7 Å². The Hall–Kier alpha value is -3.13. The van der Waals surface area contributed by atoms with Gasteiger partial charge in [0.05, 0.1) is 24.7 Å². The smallest absolute Gasteiger partial charge is 0.316 e. The lowest BCUT2D eigenvalue weighted by atomic mass is 10.1. The lowest BCUT2D eigenvalue weighted by Crippen LogP contribution is -2.19. The van der Waals surface area contributed by atoms with E-state index in [4.69, 9.17) is 4.74 Å². The summed E-state index contributed by atoms with van der Waals surface area (Å²) in [5.41, 5.74) is 2.77. The Morgan fingerprint density at radius 1 is 1.14 bits per heavy atom. The third-order valence-corrected chi connectivity index (χ3v) is 5.79. The van der Waals surface area contributed by atoms with E-state index in [-0.39, 0.29) is 10.6 Å². The number of nitrogens with one attached hydrogen (secondary N) is 1. The highest BCUT2D eigenvalue weighted by atomic mass is 32.2. The van der Waals surface area contributed by atoms with Crippen molar-refractivity contribution in [3.63, 3.8) is 0 Å². The molecule has 2 aromatic carbocycles. The third kappa shape index (κ3) is 4.65. The first-order valence-corrected chi connectivity index (χ1v) is 10.9. The molecule has 0 aliphatic carbocycles. The fraction of sp³-hybridized carbons (Fsp3) is 0.238. The van der Waals surface area contributed by atoms with Crippen LogP contribution in [0.4, 0.5) is 11.6 Å². The van der Waals surface area contributed by atoms with Gasteiger partial charge in [-0.05, 0) is 42.7 Å². The summed E-state index contributed by atoms with van der Waals surface area (Å²) in [5.74, 6) is 0.428. The van der Waals surface area contributed by atoms with Crippen molar-refractivity contribution >= 4 is 21.5 Å². The summed E-state index contributed by atoms with van der Waals surface area (Å²) in [4.78, 5) is 16.6. The Kier molecular flexibility index (Phi) is 5.74. The van der Waals surface area contributed by atoms with Gasteiger partial charge in [-0.1, -0.05) is 30.3 Å². The molecule has 3 aromatic rings. The minimum absolute atomic E-state index is 0.129. The highest BCUT2D eigenvalue weighted by molar-refractivity contribution is 7.90. The van der Waals surface area contributed by atoms with Gasteiger partial charge in [-0.3, -0.25) is 4.79 Å². The van der Waals surface area contributed by atoms with Crippen molar-refractivity contribution in [3.05, 3.63) is 75.7 Å². The second-order valence-electron chi connectivity index (χ2n) is 6.86. The van der Waals surface area contributed by atoms with Gasteiger partial charge >= 0.3 is 5.56 Å². The van der Waals surface area contributed by atoms with E-state index < -0.39 is 15.4 Å². The summed E-state index contributed by atoms with van der Waals surface area (Å²) >= 11 is 0. The summed E-state index contributed by atoms with van der Waals surface area (Å²) in [7, 11) is -1.97. The van der Waals surface area contributed by atoms with Gasteiger partial charge in [-0.2, -0.15) is 4.98 Å². The molecule has 0 radical (unpaired) electrons. The average Bonchev–Trinajstić information content (AvgIpc) is 2.67. The van der Waals surface area contributed by atoms with Crippen molar-refractivity contribution in [3.8, 4) is 5.75 Å². The molecule has 0 aliphatic rings. The summed E-state index contributed by atoms with van der Waals surface area (Å²) in [5, 5.41) is 3.14. The van der Waals surface area contributed by atoms with Crippen molar-refractivity contribution in [1.82, 2.24) is 9.55 Å². The van der Waals surface area contributed by atoms with Crippen LogP contribution in [0, 0.1) is 13.8 Å². The van der Waals surface area contributed by atoms with Crippen LogP contribution < -0.4 is 15.6 Å². The van der Waals surface area contributed by atoms with Crippen LogP contribution in [-0.2, 0) is 16.4 Å². The molecule has 0 unspecified atom stereocenters. The Bertz CT molecular complexity index is 1200. The summed E-state index contributed by atoms with van der Waals surface area (Å²) < 4.78 is 31.0. The number of aromatic nitrogens is 2. The Labute approximate surface area is 169 Å². The average molecular weight is 413 g/mol. The molecule has 0 saturated carbocycles. The molecule has 1 aromatic heterocycles. The number of nitrogens with zero attached hydrogens (tertiary/aromatic N) is 2. The summed E-state index contributed by atoms with van der Waals surface area (Å²) in [6.45, 7) is 4.18. The van der Waals surface area contributed by atoms with Crippen LogP contribution in [0.15, 0.2) is 58.4 Å². The molecule has 0 aliphatic heterocycles. The number of rotatable bonds is 6. The molecule has 3 rings (SSSR count). The fourth-order valence-corrected chi connectivity index (χ4v) is 3.63. The van der Waals surface area contributed by atoms with E-state index in [0.29, 0.717) is 18.2 Å². The van der Waals surface area contributed by atoms with Crippen LogP contribution in [0.3, 0.4) is 0 Å². The van der Waals surface area contributed by atoms with E-state index in [1.54, 1.807) is 22.9 Å². The molecular weight excluding hydrogens is 390 g/mol. The fourth-order valence-electron chi connectivity index (χ4n) is 2.90. The van der Waals surface area contributed by atoms with Crippen molar-refractivity contribution in [2.24, 2.45) is 0 Å². The first-order chi connectivity index (χ1) is 13.7. The second-order valence-corrected chi connectivity index (χ2v) is 8.88. The Morgan fingerprint density at radius 3 is 2.45 bits per heavy atom. The molecule has 0 bridgehead atoms. The quantitative estimate of drug-likeness (QED) is 0.668. The molecule has 8 heteroatoms. The second kappa shape index (κ2) is 8.08. The highest BCUT2D eigenvalue weighted by Crippen LogP contribution is 2.27. The summed E-state index contributed by atoms with van der Waals surface area (Å²) in [6, 6.07) is 12.9. The lowest BCUT2D eigenvalue weighted by molar-refractivity contribution is 0.402. The number of benzene rings is 2. The maximum atomic E-state index is 12.3. The van der Waals surface area contributed by atoms with E-state index in [9.17, 15) is 13.2 Å². The monoisotopic (exact) mass is 413 g/mol. The van der Waals surface area contributed by atoms with E-state index in [1.807, 2.05) is 44.2 Å². The van der Waals surface area contributed by atoms with Crippen molar-refractivity contribution < 1.29 is 13.2 Å². The topological polar surface area (TPSA) is 90.3 Å². The lowest BCUT2D eigenvalue weighted by Gasteiger charge is -2.18. The summed E-state index contributed by atoms with van der Waals surface area (Å²) in [6.07, 6.45) is 2.76. The number of ether oxygens (including phenoxy) is 1. The molecule has 1 heterocycles. The van der Waals surface area contributed by atoms with Gasteiger partial charge in [0.15, 0.2) is 9.84 Å². The third-order valence-electron chi connectivity index (χ3n) is 4.69. The van der Waals surface area contributed by atoms with Gasteiger partial charge in [-0.25, -0.2) is 8.42 Å². The standard InChI is InChI=1S/C21H23N3O4S/c1-14-10-17(29(4,26)27)11-18(15(14)2)22-21-23-20(25)19(28-3)13-24(21)12-16-8-6-5-7-9-16/h5-11,13H,12H2,1-4H3,(H,22,23,25). The van der Waals surface area contributed by atoms with Crippen molar-refractivity contribution in [2.75, 3.05) is 18.7 Å². The predicted molar refractivity (Wildman–Crippen MR) is 113 cm³/mol. The number of sulfone groups is 1. The number of hydrogen-bond donors (Lipinski definition) is 1. The first-order valence-electron chi connectivity index (χ1n) is 8.97. The van der Waals surface area contributed by atoms with E-state index in [2.05, 4.69) is 10.3 Å². The molecular formula is C21H23N3O4S. The largest absolute Gasteiger partial charge is 0.490 e. The van der Waals surface area contributed by atoms with Crippen LogP contribution in [0.5, 0.6) is 5.75 Å². The zero-order chi connectivity index (χ0) is 21.2. The maximum absolute atomic E-state index is 12.3. The minimum atomic E-state index is -3.38. The Balaban J connectivity index is 2.10. The molecule has 0 saturated heterocycles. The number of methoxy groups -OCH3 is 1. The van der Waals surface area contributed by atoms with Gasteiger partial charge in [0, 0.05) is 11.9 Å². The van der Waals surface area contributed by atoms with Gasteiger partial charge in [-0.15, -0.1) is 0 Å². The SMILES string of the molecule is COc1cn(Cc2ccccc2)c(Nc2cc(S(C)(=O)=O)cc(C)c2C)nc1=O. The maximum Gasteiger partial charge on any atom is 0.316 e. The molecule has 7 nitrogen and oxygen atoms in total. The van der Waals surface area contributed by atoms with Crippen LogP contribution in [-0.4, -0.2) is 31.3 Å². The molecule has 152 valence electrons. The van der Waals surface area contributed by atoms with E-state index in [1.165, 1.54) is 7.11 Å². The zero-order valence-electron chi connectivity index (χ0n) is 16.8. The van der Waals surface area contributed by atoms with Gasteiger partial charge in [0.25, 0.3) is 0 Å². The molecule has 0 fully saturated rings.